The van der Waals surface area contributed by atoms with E-state index in [4.69, 9.17) is 9.47 Å². The molecule has 2 N–H and O–H groups in total. The van der Waals surface area contributed by atoms with Crippen LogP contribution in [0.3, 0.4) is 0 Å². The minimum absolute atomic E-state index is 0.114. The molecule has 5 heteroatoms. The molecular formula is C18H20N2O3. The number of benzene rings is 2. The maximum atomic E-state index is 12.0. The third-order valence-corrected chi connectivity index (χ3v) is 3.69. The molecule has 0 atom stereocenters. The molecule has 1 aliphatic rings. The number of carbonyl (C=O) groups is 1. The SMILES string of the molecule is CC(C)c1ccc(NCC(=O)Nc2ccc3c(c2)OCO3)cc1. The molecule has 3 rings (SSSR count). The molecule has 1 heterocycles. The Morgan fingerprint density at radius 2 is 1.74 bits per heavy atom. The van der Waals surface area contributed by atoms with E-state index in [-0.39, 0.29) is 19.2 Å². The van der Waals surface area contributed by atoms with Gasteiger partial charge in [-0.3, -0.25) is 4.79 Å². The highest BCUT2D eigenvalue weighted by atomic mass is 16.7. The summed E-state index contributed by atoms with van der Waals surface area (Å²) in [6, 6.07) is 13.5. The van der Waals surface area contributed by atoms with Crippen molar-refractivity contribution in [1.82, 2.24) is 0 Å². The summed E-state index contributed by atoms with van der Waals surface area (Å²) in [7, 11) is 0. The first-order valence-corrected chi connectivity index (χ1v) is 7.65. The van der Waals surface area contributed by atoms with Crippen LogP contribution in [0.2, 0.25) is 0 Å². The number of hydrogen-bond acceptors (Lipinski definition) is 4. The molecule has 120 valence electrons. The van der Waals surface area contributed by atoms with E-state index in [1.54, 1.807) is 18.2 Å². The summed E-state index contributed by atoms with van der Waals surface area (Å²) in [5.74, 6) is 1.74. The predicted octanol–water partition coefficient (Wildman–Crippen LogP) is 3.59. The first kappa shape index (κ1) is 15.2. The van der Waals surface area contributed by atoms with Crippen LogP contribution in [0.25, 0.3) is 0 Å². The average molecular weight is 312 g/mol. The molecule has 0 saturated heterocycles. The second-order valence-corrected chi connectivity index (χ2v) is 5.75. The molecule has 5 nitrogen and oxygen atoms in total. The number of anilines is 2. The van der Waals surface area contributed by atoms with E-state index in [0.717, 1.165) is 5.69 Å². The van der Waals surface area contributed by atoms with Gasteiger partial charge in [-0.2, -0.15) is 0 Å². The number of hydrogen-bond donors (Lipinski definition) is 2. The van der Waals surface area contributed by atoms with Gasteiger partial charge >= 0.3 is 0 Å². The molecule has 23 heavy (non-hydrogen) atoms. The molecule has 0 saturated carbocycles. The van der Waals surface area contributed by atoms with Gasteiger partial charge in [0.15, 0.2) is 11.5 Å². The zero-order valence-corrected chi connectivity index (χ0v) is 13.3. The predicted molar refractivity (Wildman–Crippen MR) is 90.2 cm³/mol. The largest absolute Gasteiger partial charge is 0.454 e. The Hall–Kier alpha value is -2.69. The zero-order chi connectivity index (χ0) is 16.2. The lowest BCUT2D eigenvalue weighted by Crippen LogP contribution is -2.21. The molecule has 2 aromatic carbocycles. The van der Waals surface area contributed by atoms with Gasteiger partial charge in [0.1, 0.15) is 0 Å². The summed E-state index contributed by atoms with van der Waals surface area (Å²) in [5.41, 5.74) is 2.90. The Kier molecular flexibility index (Phi) is 4.37. The van der Waals surface area contributed by atoms with Crippen LogP contribution >= 0.6 is 0 Å². The van der Waals surface area contributed by atoms with Crippen molar-refractivity contribution in [3.8, 4) is 11.5 Å². The summed E-state index contributed by atoms with van der Waals surface area (Å²) in [5, 5.41) is 5.95. The number of fused-ring (bicyclic) bond motifs is 1. The second-order valence-electron chi connectivity index (χ2n) is 5.75. The zero-order valence-electron chi connectivity index (χ0n) is 13.3. The lowest BCUT2D eigenvalue weighted by molar-refractivity contribution is -0.114. The number of amides is 1. The monoisotopic (exact) mass is 312 g/mol. The second kappa shape index (κ2) is 6.60. The molecule has 0 fully saturated rings. The Bertz CT molecular complexity index is 696. The fourth-order valence-electron chi connectivity index (χ4n) is 2.35. The van der Waals surface area contributed by atoms with Crippen molar-refractivity contribution in [2.24, 2.45) is 0 Å². The van der Waals surface area contributed by atoms with Gasteiger partial charge < -0.3 is 20.1 Å². The van der Waals surface area contributed by atoms with E-state index in [1.807, 2.05) is 12.1 Å². The van der Waals surface area contributed by atoms with Crippen molar-refractivity contribution in [2.45, 2.75) is 19.8 Å². The standard InChI is InChI=1S/C18H20N2O3/c1-12(2)13-3-5-14(6-4-13)19-10-18(21)20-15-7-8-16-17(9-15)23-11-22-16/h3-9,12,19H,10-11H2,1-2H3,(H,20,21). The average Bonchev–Trinajstić information content (AvgIpc) is 3.01. The molecule has 2 aromatic rings. The summed E-state index contributed by atoms with van der Waals surface area (Å²) in [6.45, 7) is 4.73. The lowest BCUT2D eigenvalue weighted by atomic mass is 10.0. The van der Waals surface area contributed by atoms with Crippen molar-refractivity contribution < 1.29 is 14.3 Å². The molecule has 1 amide bonds. The lowest BCUT2D eigenvalue weighted by Gasteiger charge is -2.10. The van der Waals surface area contributed by atoms with Crippen molar-refractivity contribution in [2.75, 3.05) is 24.0 Å². The van der Waals surface area contributed by atoms with Crippen LogP contribution in [0.4, 0.5) is 11.4 Å². The summed E-state index contributed by atoms with van der Waals surface area (Å²) >= 11 is 0. The van der Waals surface area contributed by atoms with Gasteiger partial charge in [-0.15, -0.1) is 0 Å². The normalized spacial score (nSPS) is 12.3. The van der Waals surface area contributed by atoms with Crippen LogP contribution < -0.4 is 20.1 Å². The number of ether oxygens (including phenoxy) is 2. The van der Waals surface area contributed by atoms with Crippen molar-refractivity contribution in [1.29, 1.82) is 0 Å². The van der Waals surface area contributed by atoms with Crippen molar-refractivity contribution in [3.05, 3.63) is 48.0 Å². The maximum absolute atomic E-state index is 12.0. The molecule has 0 bridgehead atoms. The summed E-state index contributed by atoms with van der Waals surface area (Å²) < 4.78 is 10.5. The quantitative estimate of drug-likeness (QED) is 0.886. The van der Waals surface area contributed by atoms with Crippen molar-refractivity contribution in [3.63, 3.8) is 0 Å². The Labute approximate surface area is 135 Å². The third-order valence-electron chi connectivity index (χ3n) is 3.69. The van der Waals surface area contributed by atoms with Gasteiger partial charge in [0.05, 0.1) is 6.54 Å². The minimum atomic E-state index is -0.114. The molecule has 0 radical (unpaired) electrons. The highest BCUT2D eigenvalue weighted by Crippen LogP contribution is 2.34. The topological polar surface area (TPSA) is 59.6 Å². The summed E-state index contributed by atoms with van der Waals surface area (Å²) in [4.78, 5) is 12.0. The van der Waals surface area contributed by atoms with Crippen LogP contribution in [0.5, 0.6) is 11.5 Å². The Morgan fingerprint density at radius 3 is 2.48 bits per heavy atom. The molecular weight excluding hydrogens is 292 g/mol. The van der Waals surface area contributed by atoms with Crippen LogP contribution in [-0.2, 0) is 4.79 Å². The molecule has 1 aliphatic heterocycles. The highest BCUT2D eigenvalue weighted by Gasteiger charge is 2.14. The van der Waals surface area contributed by atoms with Crippen LogP contribution in [0.15, 0.2) is 42.5 Å². The fourth-order valence-corrected chi connectivity index (χ4v) is 2.35. The Morgan fingerprint density at radius 1 is 1.04 bits per heavy atom. The smallest absolute Gasteiger partial charge is 0.243 e. The Balaban J connectivity index is 1.53. The van der Waals surface area contributed by atoms with Crippen LogP contribution in [0.1, 0.15) is 25.3 Å². The van der Waals surface area contributed by atoms with E-state index < -0.39 is 0 Å². The number of carbonyl (C=O) groups excluding carboxylic acids is 1. The summed E-state index contributed by atoms with van der Waals surface area (Å²) in [6.07, 6.45) is 0. The van der Waals surface area contributed by atoms with Gasteiger partial charge in [0.25, 0.3) is 0 Å². The maximum Gasteiger partial charge on any atom is 0.243 e. The van der Waals surface area contributed by atoms with E-state index >= 15 is 0 Å². The molecule has 0 aromatic heterocycles. The molecule has 0 aliphatic carbocycles. The van der Waals surface area contributed by atoms with Gasteiger partial charge in [-0.05, 0) is 35.7 Å². The highest BCUT2D eigenvalue weighted by molar-refractivity contribution is 5.94. The first-order chi connectivity index (χ1) is 11.1. The van der Waals surface area contributed by atoms with E-state index in [9.17, 15) is 4.79 Å². The number of nitrogens with one attached hydrogen (secondary N) is 2. The van der Waals surface area contributed by atoms with Crippen LogP contribution in [-0.4, -0.2) is 19.2 Å². The van der Waals surface area contributed by atoms with Gasteiger partial charge in [0.2, 0.25) is 12.7 Å². The van der Waals surface area contributed by atoms with E-state index in [1.165, 1.54) is 5.56 Å². The van der Waals surface area contributed by atoms with Gasteiger partial charge in [0, 0.05) is 17.4 Å². The van der Waals surface area contributed by atoms with E-state index in [0.29, 0.717) is 23.1 Å². The third kappa shape index (κ3) is 3.74. The first-order valence-electron chi connectivity index (χ1n) is 7.65. The van der Waals surface area contributed by atoms with Gasteiger partial charge in [-0.25, -0.2) is 0 Å². The van der Waals surface area contributed by atoms with E-state index in [2.05, 4.69) is 36.6 Å². The van der Waals surface area contributed by atoms with Gasteiger partial charge in [-0.1, -0.05) is 26.0 Å². The molecule has 0 spiro atoms. The minimum Gasteiger partial charge on any atom is -0.454 e. The fraction of sp³-hybridized carbons (Fsp3) is 0.278. The molecule has 0 unspecified atom stereocenters. The van der Waals surface area contributed by atoms with Crippen molar-refractivity contribution >= 4 is 17.3 Å². The number of rotatable bonds is 5. The van der Waals surface area contributed by atoms with Crippen LogP contribution in [0, 0.1) is 0 Å².